The average molecular weight is 394 g/mol. The number of ether oxygens (including phenoxy) is 2. The summed E-state index contributed by atoms with van der Waals surface area (Å²) in [6.07, 6.45) is 4.98. The second-order valence-electron chi connectivity index (χ2n) is 4.49. The van der Waals surface area contributed by atoms with Crippen molar-refractivity contribution in [2.75, 3.05) is 20.3 Å². The maximum absolute atomic E-state index is 5.62. The number of unbranched alkanes of at least 4 members (excludes halogenated alkanes) is 2. The van der Waals surface area contributed by atoms with Crippen molar-refractivity contribution in [3.05, 3.63) is 28.2 Å². The molecular formula is C15H22Br2O2. The first kappa shape index (κ1) is 17.0. The van der Waals surface area contributed by atoms with Gasteiger partial charge in [0.05, 0.1) is 11.1 Å². The van der Waals surface area contributed by atoms with Crippen LogP contribution in [0.15, 0.2) is 22.7 Å². The third-order valence-corrected chi connectivity index (χ3v) is 4.53. The summed E-state index contributed by atoms with van der Waals surface area (Å²) in [7, 11) is 1.67. The number of benzene rings is 1. The molecule has 0 aliphatic heterocycles. The zero-order valence-corrected chi connectivity index (χ0v) is 14.8. The van der Waals surface area contributed by atoms with Crippen LogP contribution in [0.5, 0.6) is 5.75 Å². The van der Waals surface area contributed by atoms with Crippen LogP contribution < -0.4 is 4.74 Å². The summed E-state index contributed by atoms with van der Waals surface area (Å²) in [5.74, 6) is 0.869. The van der Waals surface area contributed by atoms with E-state index in [4.69, 9.17) is 9.47 Å². The molecule has 0 amide bonds. The minimum atomic E-state index is 0.420. The lowest BCUT2D eigenvalue weighted by Gasteiger charge is -2.13. The Labute approximate surface area is 133 Å². The predicted octanol–water partition coefficient (Wildman–Crippen LogP) is 5.49. The molecule has 1 aromatic rings. The molecule has 4 heteroatoms. The fraction of sp³-hybridized carbons (Fsp3) is 0.600. The molecule has 0 spiro atoms. The van der Waals surface area contributed by atoms with Crippen LogP contribution in [0.3, 0.4) is 0 Å². The molecule has 0 radical (unpaired) electrons. The Morgan fingerprint density at radius 1 is 1.21 bits per heavy atom. The smallest absolute Gasteiger partial charge is 0.133 e. The van der Waals surface area contributed by atoms with Crippen LogP contribution in [0.25, 0.3) is 0 Å². The van der Waals surface area contributed by atoms with Crippen molar-refractivity contribution >= 4 is 31.9 Å². The highest BCUT2D eigenvalue weighted by atomic mass is 79.9. The van der Waals surface area contributed by atoms with Crippen LogP contribution in [-0.2, 0) is 4.74 Å². The van der Waals surface area contributed by atoms with Crippen LogP contribution in [0.2, 0.25) is 0 Å². The Bertz CT molecular complexity index is 369. The second-order valence-corrected chi connectivity index (χ2v) is 6.45. The lowest BCUT2D eigenvalue weighted by atomic mass is 10.1. The fourth-order valence-electron chi connectivity index (χ4n) is 1.80. The monoisotopic (exact) mass is 392 g/mol. The van der Waals surface area contributed by atoms with E-state index in [1.165, 1.54) is 31.2 Å². The van der Waals surface area contributed by atoms with E-state index in [1.54, 1.807) is 7.11 Å². The van der Waals surface area contributed by atoms with Gasteiger partial charge in [0.2, 0.25) is 0 Å². The van der Waals surface area contributed by atoms with Gasteiger partial charge in [-0.25, -0.2) is 0 Å². The van der Waals surface area contributed by atoms with Gasteiger partial charge in [-0.1, -0.05) is 48.2 Å². The van der Waals surface area contributed by atoms with Gasteiger partial charge in [0.15, 0.2) is 0 Å². The molecule has 0 N–H and O–H groups in total. The Balaban J connectivity index is 2.54. The first-order valence-corrected chi connectivity index (χ1v) is 8.45. The fourth-order valence-corrected chi connectivity index (χ4v) is 2.92. The number of methoxy groups -OCH3 is 1. The molecule has 0 aliphatic rings. The zero-order valence-electron chi connectivity index (χ0n) is 11.6. The molecular weight excluding hydrogens is 372 g/mol. The Morgan fingerprint density at radius 2 is 2.00 bits per heavy atom. The van der Waals surface area contributed by atoms with Crippen molar-refractivity contribution in [1.29, 1.82) is 0 Å². The summed E-state index contributed by atoms with van der Waals surface area (Å²) in [6, 6.07) is 6.27. The molecule has 19 heavy (non-hydrogen) atoms. The van der Waals surface area contributed by atoms with E-state index < -0.39 is 0 Å². The number of rotatable bonds is 9. The minimum Gasteiger partial charge on any atom is -0.490 e. The lowest BCUT2D eigenvalue weighted by Crippen LogP contribution is -2.04. The maximum atomic E-state index is 5.62. The summed E-state index contributed by atoms with van der Waals surface area (Å²) < 4.78 is 11.6. The van der Waals surface area contributed by atoms with Gasteiger partial charge in [0.1, 0.15) is 12.4 Å². The number of alkyl halides is 1. The molecule has 1 atom stereocenters. The topological polar surface area (TPSA) is 18.5 Å². The largest absolute Gasteiger partial charge is 0.490 e. The third-order valence-electron chi connectivity index (χ3n) is 2.92. The first-order chi connectivity index (χ1) is 9.19. The van der Waals surface area contributed by atoms with E-state index in [1.807, 2.05) is 6.07 Å². The van der Waals surface area contributed by atoms with E-state index in [0.717, 1.165) is 10.2 Å². The summed E-state index contributed by atoms with van der Waals surface area (Å²) in [4.78, 5) is 0.420. The molecule has 0 aromatic heterocycles. The maximum Gasteiger partial charge on any atom is 0.133 e. The van der Waals surface area contributed by atoms with E-state index in [-0.39, 0.29) is 0 Å². The van der Waals surface area contributed by atoms with Crippen molar-refractivity contribution in [1.82, 2.24) is 0 Å². The molecule has 0 bridgehead atoms. The van der Waals surface area contributed by atoms with E-state index >= 15 is 0 Å². The van der Waals surface area contributed by atoms with Crippen molar-refractivity contribution in [2.24, 2.45) is 0 Å². The molecule has 2 nitrogen and oxygen atoms in total. The van der Waals surface area contributed by atoms with Crippen LogP contribution >= 0.6 is 31.9 Å². The predicted molar refractivity (Wildman–Crippen MR) is 87.3 cm³/mol. The van der Waals surface area contributed by atoms with Crippen molar-refractivity contribution in [3.63, 3.8) is 0 Å². The summed E-state index contributed by atoms with van der Waals surface area (Å²) >= 11 is 7.32. The average Bonchev–Trinajstić information content (AvgIpc) is 2.41. The van der Waals surface area contributed by atoms with E-state index in [9.17, 15) is 0 Å². The van der Waals surface area contributed by atoms with Crippen molar-refractivity contribution in [3.8, 4) is 5.75 Å². The van der Waals surface area contributed by atoms with Crippen LogP contribution in [0.4, 0.5) is 0 Å². The van der Waals surface area contributed by atoms with E-state index in [2.05, 4.69) is 50.9 Å². The highest BCUT2D eigenvalue weighted by molar-refractivity contribution is 9.10. The van der Waals surface area contributed by atoms with Gasteiger partial charge in [-0.2, -0.15) is 0 Å². The molecule has 0 saturated carbocycles. The standard InChI is InChI=1S/C15H22Br2O2/c1-3-4-5-6-13(16)12-7-8-15(14(17)11-12)19-10-9-18-2/h7-8,11,13H,3-6,9-10H2,1-2H3. The second kappa shape index (κ2) is 9.78. The van der Waals surface area contributed by atoms with Gasteiger partial charge in [0.25, 0.3) is 0 Å². The van der Waals surface area contributed by atoms with Crippen LogP contribution in [0, 0.1) is 0 Å². The van der Waals surface area contributed by atoms with Gasteiger partial charge in [-0.15, -0.1) is 0 Å². The molecule has 0 fully saturated rings. The third kappa shape index (κ3) is 6.28. The zero-order chi connectivity index (χ0) is 14.1. The van der Waals surface area contributed by atoms with Gasteiger partial charge >= 0.3 is 0 Å². The first-order valence-electron chi connectivity index (χ1n) is 6.74. The quantitative estimate of drug-likeness (QED) is 0.407. The Hall–Kier alpha value is -0.0600. The van der Waals surface area contributed by atoms with Gasteiger partial charge in [-0.05, 0) is 40.0 Å². The number of halogens is 2. The summed E-state index contributed by atoms with van der Waals surface area (Å²) in [5.41, 5.74) is 1.29. The SMILES string of the molecule is CCCCCC(Br)c1ccc(OCCOC)c(Br)c1. The summed E-state index contributed by atoms with van der Waals surface area (Å²) in [5, 5.41) is 0. The molecule has 0 aliphatic carbocycles. The molecule has 0 heterocycles. The Kier molecular flexibility index (Phi) is 8.75. The molecule has 1 rings (SSSR count). The van der Waals surface area contributed by atoms with Crippen molar-refractivity contribution in [2.45, 2.75) is 37.4 Å². The molecule has 108 valence electrons. The van der Waals surface area contributed by atoms with Gasteiger partial charge in [0, 0.05) is 11.9 Å². The van der Waals surface area contributed by atoms with E-state index in [0.29, 0.717) is 18.0 Å². The molecule has 1 unspecified atom stereocenters. The molecule has 0 saturated heterocycles. The Morgan fingerprint density at radius 3 is 2.63 bits per heavy atom. The van der Waals surface area contributed by atoms with Crippen LogP contribution in [0.1, 0.15) is 43.0 Å². The number of hydrogen-bond donors (Lipinski definition) is 0. The normalized spacial score (nSPS) is 12.4. The number of hydrogen-bond acceptors (Lipinski definition) is 2. The van der Waals surface area contributed by atoms with Crippen molar-refractivity contribution < 1.29 is 9.47 Å². The lowest BCUT2D eigenvalue weighted by molar-refractivity contribution is 0.146. The summed E-state index contributed by atoms with van der Waals surface area (Å²) in [6.45, 7) is 3.40. The van der Waals surface area contributed by atoms with Gasteiger partial charge in [-0.3, -0.25) is 0 Å². The minimum absolute atomic E-state index is 0.420. The molecule has 1 aromatic carbocycles. The highest BCUT2D eigenvalue weighted by Gasteiger charge is 2.10. The van der Waals surface area contributed by atoms with Gasteiger partial charge < -0.3 is 9.47 Å². The van der Waals surface area contributed by atoms with Crippen LogP contribution in [-0.4, -0.2) is 20.3 Å². The highest BCUT2D eigenvalue weighted by Crippen LogP contribution is 2.34.